The molecule has 9 heteroatoms. The van der Waals surface area contributed by atoms with E-state index in [1.165, 1.54) is 12.0 Å². The van der Waals surface area contributed by atoms with Gasteiger partial charge in [0.15, 0.2) is 0 Å². The number of esters is 1. The lowest BCUT2D eigenvalue weighted by atomic mass is 9.88. The number of alkyl carbamates (subject to hydrolysis) is 1. The summed E-state index contributed by atoms with van der Waals surface area (Å²) >= 11 is 0. The molecule has 0 heterocycles. The lowest BCUT2D eigenvalue weighted by Gasteiger charge is -2.45. The number of carbonyl (C=O) groups excluding carboxylic acids is 4. The van der Waals surface area contributed by atoms with Crippen LogP contribution in [0.25, 0.3) is 0 Å². The molecule has 0 saturated heterocycles. The maximum atomic E-state index is 14.6. The summed E-state index contributed by atoms with van der Waals surface area (Å²) in [5.41, 5.74) is 1.64. The molecule has 0 aliphatic heterocycles. The van der Waals surface area contributed by atoms with Crippen LogP contribution >= 0.6 is 0 Å². The Morgan fingerprint density at radius 2 is 1.56 bits per heavy atom. The fraction of sp³-hybridized carbons (Fsp3) is 0.500. The summed E-state index contributed by atoms with van der Waals surface area (Å²) in [5, 5.41) is 5.42. The largest absolute Gasteiger partial charge is 0.468 e. The Morgan fingerprint density at radius 3 is 2.12 bits per heavy atom. The van der Waals surface area contributed by atoms with E-state index in [9.17, 15) is 19.2 Å². The van der Waals surface area contributed by atoms with Gasteiger partial charge in [0.05, 0.1) is 7.11 Å². The van der Waals surface area contributed by atoms with Crippen LogP contribution in [0.5, 0.6) is 0 Å². The average molecular weight is 568 g/mol. The number of amides is 3. The number of carbonyl (C=O) groups is 4. The number of ether oxygens (including phenoxy) is 2. The van der Waals surface area contributed by atoms with Gasteiger partial charge in [-0.15, -0.1) is 0 Å². The second-order valence-electron chi connectivity index (χ2n) is 11.7. The molecule has 0 aliphatic rings. The zero-order valence-corrected chi connectivity index (χ0v) is 25.8. The standard InChI is InChI=1S/C32H45N3O6/c1-10-32(7,8)35(27(28(37)33-20-26(36)40-9)24-18-14-15-21(2)22(24)3)29(38)25(19-23-16-12-11-13-17-23)34-30(39)41-31(4,5)6/h11-18,25,27H,10,19-20H2,1-9H3,(H,33,37)(H,34,39). The summed E-state index contributed by atoms with van der Waals surface area (Å²) in [6.45, 7) is 14.4. The van der Waals surface area contributed by atoms with Crippen molar-refractivity contribution in [3.8, 4) is 0 Å². The molecule has 3 amide bonds. The van der Waals surface area contributed by atoms with Gasteiger partial charge >= 0.3 is 12.1 Å². The minimum absolute atomic E-state index is 0.179. The van der Waals surface area contributed by atoms with E-state index in [1.54, 1.807) is 20.8 Å². The molecule has 224 valence electrons. The van der Waals surface area contributed by atoms with Crippen LogP contribution in [0.15, 0.2) is 48.5 Å². The van der Waals surface area contributed by atoms with Crippen LogP contribution in [0.4, 0.5) is 4.79 Å². The molecule has 2 rings (SSSR count). The number of benzene rings is 2. The zero-order valence-electron chi connectivity index (χ0n) is 25.8. The molecule has 0 radical (unpaired) electrons. The van der Waals surface area contributed by atoms with Crippen LogP contribution in [-0.4, -0.2) is 59.6 Å². The molecule has 0 spiro atoms. The number of nitrogens with one attached hydrogen (secondary N) is 2. The smallest absolute Gasteiger partial charge is 0.408 e. The number of nitrogens with zero attached hydrogens (tertiary/aromatic N) is 1. The second kappa shape index (κ2) is 14.1. The highest BCUT2D eigenvalue weighted by Crippen LogP contribution is 2.34. The van der Waals surface area contributed by atoms with Gasteiger partial charge < -0.3 is 25.0 Å². The first-order valence-electron chi connectivity index (χ1n) is 13.9. The van der Waals surface area contributed by atoms with E-state index in [1.807, 2.05) is 83.1 Å². The minimum Gasteiger partial charge on any atom is -0.468 e. The lowest BCUT2D eigenvalue weighted by molar-refractivity contribution is -0.150. The molecule has 0 fully saturated rings. The van der Waals surface area contributed by atoms with E-state index in [4.69, 9.17) is 9.47 Å². The molecule has 2 atom stereocenters. The van der Waals surface area contributed by atoms with Gasteiger partial charge in [0.1, 0.15) is 24.2 Å². The Labute approximate surface area is 244 Å². The van der Waals surface area contributed by atoms with E-state index >= 15 is 0 Å². The molecule has 41 heavy (non-hydrogen) atoms. The van der Waals surface area contributed by atoms with Gasteiger partial charge in [-0.3, -0.25) is 14.4 Å². The summed E-state index contributed by atoms with van der Waals surface area (Å²) in [7, 11) is 1.24. The van der Waals surface area contributed by atoms with Crippen molar-refractivity contribution in [2.75, 3.05) is 13.7 Å². The number of hydrogen-bond donors (Lipinski definition) is 2. The van der Waals surface area contributed by atoms with Crippen molar-refractivity contribution in [2.45, 2.75) is 91.5 Å². The van der Waals surface area contributed by atoms with Crippen molar-refractivity contribution in [1.29, 1.82) is 0 Å². The molecule has 0 saturated carbocycles. The van der Waals surface area contributed by atoms with Crippen molar-refractivity contribution in [3.05, 3.63) is 70.8 Å². The molecular weight excluding hydrogens is 522 g/mol. The number of hydrogen-bond acceptors (Lipinski definition) is 6. The van der Waals surface area contributed by atoms with Crippen molar-refractivity contribution in [1.82, 2.24) is 15.5 Å². The van der Waals surface area contributed by atoms with Crippen molar-refractivity contribution in [3.63, 3.8) is 0 Å². The van der Waals surface area contributed by atoms with Crippen LogP contribution < -0.4 is 10.6 Å². The highest BCUT2D eigenvalue weighted by molar-refractivity contribution is 5.94. The normalized spacial score (nSPS) is 13.0. The van der Waals surface area contributed by atoms with Gasteiger partial charge in [0.25, 0.3) is 0 Å². The third kappa shape index (κ3) is 9.33. The summed E-state index contributed by atoms with van der Waals surface area (Å²) in [5.74, 6) is -1.60. The Morgan fingerprint density at radius 1 is 0.927 bits per heavy atom. The third-order valence-corrected chi connectivity index (χ3v) is 7.11. The topological polar surface area (TPSA) is 114 Å². The fourth-order valence-electron chi connectivity index (χ4n) is 4.41. The maximum absolute atomic E-state index is 14.6. The molecule has 2 aromatic carbocycles. The third-order valence-electron chi connectivity index (χ3n) is 7.11. The van der Waals surface area contributed by atoms with Crippen molar-refractivity contribution >= 4 is 23.9 Å². The van der Waals surface area contributed by atoms with Crippen LogP contribution in [0.1, 0.15) is 76.3 Å². The minimum atomic E-state index is -1.10. The van der Waals surface area contributed by atoms with Crippen LogP contribution in [-0.2, 0) is 30.3 Å². The summed E-state index contributed by atoms with van der Waals surface area (Å²) in [6.07, 6.45) is -0.0487. The summed E-state index contributed by atoms with van der Waals surface area (Å²) in [6, 6.07) is 12.8. The van der Waals surface area contributed by atoms with Crippen molar-refractivity contribution in [2.24, 2.45) is 0 Å². The molecule has 0 aliphatic carbocycles. The van der Waals surface area contributed by atoms with E-state index < -0.39 is 47.1 Å². The van der Waals surface area contributed by atoms with E-state index in [-0.39, 0.29) is 13.0 Å². The summed E-state index contributed by atoms with van der Waals surface area (Å²) < 4.78 is 10.2. The van der Waals surface area contributed by atoms with E-state index in [2.05, 4.69) is 10.6 Å². The highest BCUT2D eigenvalue weighted by Gasteiger charge is 2.43. The first-order valence-corrected chi connectivity index (χ1v) is 13.9. The van der Waals surface area contributed by atoms with Crippen LogP contribution in [0.3, 0.4) is 0 Å². The number of methoxy groups -OCH3 is 1. The number of aryl methyl sites for hydroxylation is 1. The number of rotatable bonds is 11. The van der Waals surface area contributed by atoms with Gasteiger partial charge in [-0.25, -0.2) is 4.79 Å². The Hall–Kier alpha value is -3.88. The molecule has 2 N–H and O–H groups in total. The van der Waals surface area contributed by atoms with Gasteiger partial charge in [0.2, 0.25) is 11.8 Å². The first-order chi connectivity index (χ1) is 19.1. The zero-order chi connectivity index (χ0) is 31.0. The Bertz CT molecular complexity index is 1220. The van der Waals surface area contributed by atoms with Gasteiger partial charge in [-0.1, -0.05) is 55.5 Å². The molecule has 9 nitrogen and oxygen atoms in total. The first kappa shape index (κ1) is 33.3. The summed E-state index contributed by atoms with van der Waals surface area (Å²) in [4.78, 5) is 55.0. The molecule has 2 aromatic rings. The van der Waals surface area contributed by atoms with Crippen LogP contribution in [0.2, 0.25) is 0 Å². The predicted octanol–water partition coefficient (Wildman–Crippen LogP) is 4.79. The molecule has 2 unspecified atom stereocenters. The SMILES string of the molecule is CCC(C)(C)N(C(=O)C(Cc1ccccc1)NC(=O)OC(C)(C)C)C(C(=O)NCC(=O)OC)c1cccc(C)c1C. The van der Waals surface area contributed by atoms with Gasteiger partial charge in [0, 0.05) is 12.0 Å². The lowest BCUT2D eigenvalue weighted by Crippen LogP contribution is -2.60. The quantitative estimate of drug-likeness (QED) is 0.378. The van der Waals surface area contributed by atoms with E-state index in [0.717, 1.165) is 16.7 Å². The Balaban J connectivity index is 2.70. The molecule has 0 bridgehead atoms. The average Bonchev–Trinajstić information content (AvgIpc) is 2.90. The monoisotopic (exact) mass is 567 g/mol. The van der Waals surface area contributed by atoms with E-state index in [0.29, 0.717) is 12.0 Å². The maximum Gasteiger partial charge on any atom is 0.408 e. The predicted molar refractivity (Wildman–Crippen MR) is 158 cm³/mol. The van der Waals surface area contributed by atoms with Gasteiger partial charge in [-0.2, -0.15) is 0 Å². The molecule has 0 aromatic heterocycles. The van der Waals surface area contributed by atoms with Crippen molar-refractivity contribution < 1.29 is 28.7 Å². The fourth-order valence-corrected chi connectivity index (χ4v) is 4.41. The second-order valence-corrected chi connectivity index (χ2v) is 11.7. The Kier molecular flexibility index (Phi) is 11.5. The highest BCUT2D eigenvalue weighted by atomic mass is 16.6. The van der Waals surface area contributed by atoms with Gasteiger partial charge in [-0.05, 0) is 77.1 Å². The molecular formula is C32H45N3O6. The van der Waals surface area contributed by atoms with Crippen LogP contribution in [0, 0.1) is 13.8 Å².